The topological polar surface area (TPSA) is 0 Å². The van der Waals surface area contributed by atoms with E-state index in [-0.39, 0.29) is 0 Å². The zero-order valence-corrected chi connectivity index (χ0v) is 14.9. The van der Waals surface area contributed by atoms with E-state index in [9.17, 15) is 8.78 Å². The Morgan fingerprint density at radius 3 is 2.00 bits per heavy atom. The molecule has 0 saturated carbocycles. The summed E-state index contributed by atoms with van der Waals surface area (Å²) in [7, 11) is -1.33. The van der Waals surface area contributed by atoms with E-state index in [1.807, 2.05) is 39.8 Å². The molecule has 2 rings (SSSR count). The van der Waals surface area contributed by atoms with E-state index in [0.29, 0.717) is 9.79 Å². The SMILES string of the molecule is Cc1cc([S+](c2ccccc2)C(F)(F)Br)c(C)c(C)c1C. The van der Waals surface area contributed by atoms with Gasteiger partial charge in [0, 0.05) is 5.56 Å². The van der Waals surface area contributed by atoms with Crippen LogP contribution in [0.2, 0.25) is 0 Å². The Bertz CT molecular complexity index is 648. The van der Waals surface area contributed by atoms with Gasteiger partial charge in [0.25, 0.3) is 0 Å². The molecule has 4 heteroatoms. The van der Waals surface area contributed by atoms with Crippen LogP contribution in [-0.2, 0) is 10.9 Å². The summed E-state index contributed by atoms with van der Waals surface area (Å²) in [6, 6.07) is 10.9. The fraction of sp³-hybridized carbons (Fsp3) is 0.294. The lowest BCUT2D eigenvalue weighted by Crippen LogP contribution is -2.24. The van der Waals surface area contributed by atoms with E-state index in [0.717, 1.165) is 16.7 Å². The molecule has 0 amide bonds. The van der Waals surface area contributed by atoms with Gasteiger partial charge in [0.05, 0.1) is 15.9 Å². The van der Waals surface area contributed by atoms with Crippen LogP contribution in [0.3, 0.4) is 0 Å². The summed E-state index contributed by atoms with van der Waals surface area (Å²) in [6.45, 7) is 7.94. The van der Waals surface area contributed by atoms with Crippen molar-refractivity contribution >= 4 is 26.8 Å². The average Bonchev–Trinajstić information content (AvgIpc) is 2.42. The van der Waals surface area contributed by atoms with Crippen LogP contribution in [0.25, 0.3) is 0 Å². The van der Waals surface area contributed by atoms with Crippen molar-refractivity contribution in [3.05, 3.63) is 58.7 Å². The van der Waals surface area contributed by atoms with Gasteiger partial charge in [-0.1, -0.05) is 18.2 Å². The van der Waals surface area contributed by atoms with Crippen molar-refractivity contribution in [3.8, 4) is 0 Å². The van der Waals surface area contributed by atoms with Gasteiger partial charge in [0.15, 0.2) is 9.79 Å². The third-order valence-corrected chi connectivity index (χ3v) is 6.91. The Hall–Kier alpha value is -0.870. The van der Waals surface area contributed by atoms with Crippen molar-refractivity contribution in [2.75, 3.05) is 0 Å². The van der Waals surface area contributed by atoms with Crippen molar-refractivity contribution in [1.29, 1.82) is 0 Å². The monoisotopic (exact) mass is 371 g/mol. The first-order chi connectivity index (χ1) is 9.73. The molecule has 0 aliphatic rings. The lowest BCUT2D eigenvalue weighted by atomic mass is 10.00. The Labute approximate surface area is 136 Å². The molecular weight excluding hydrogens is 354 g/mol. The van der Waals surface area contributed by atoms with Gasteiger partial charge in [-0.2, -0.15) is 0 Å². The van der Waals surface area contributed by atoms with Gasteiger partial charge in [-0.05, 0) is 62.6 Å². The molecule has 0 spiro atoms. The minimum absolute atomic E-state index is 0.644. The van der Waals surface area contributed by atoms with Crippen LogP contribution in [0.15, 0.2) is 46.2 Å². The Kier molecular flexibility index (Phi) is 4.79. The van der Waals surface area contributed by atoms with Crippen molar-refractivity contribution in [2.24, 2.45) is 0 Å². The van der Waals surface area contributed by atoms with E-state index in [1.54, 1.807) is 24.3 Å². The second kappa shape index (κ2) is 6.09. The van der Waals surface area contributed by atoms with Crippen LogP contribution in [0, 0.1) is 27.7 Å². The molecule has 0 bridgehead atoms. The molecule has 2 aromatic rings. The molecule has 0 N–H and O–H groups in total. The van der Waals surface area contributed by atoms with E-state index in [1.165, 1.54) is 5.56 Å². The molecule has 0 saturated heterocycles. The van der Waals surface area contributed by atoms with E-state index < -0.39 is 15.1 Å². The maximum absolute atomic E-state index is 14.2. The largest absolute Gasteiger partial charge is 0.477 e. The van der Waals surface area contributed by atoms with Crippen LogP contribution in [0.1, 0.15) is 22.3 Å². The van der Waals surface area contributed by atoms with Crippen molar-refractivity contribution in [1.82, 2.24) is 0 Å². The van der Waals surface area contributed by atoms with Gasteiger partial charge >= 0.3 is 4.16 Å². The summed E-state index contributed by atoms with van der Waals surface area (Å²) in [6.07, 6.45) is 0. The Balaban J connectivity index is 2.70. The van der Waals surface area contributed by atoms with E-state index >= 15 is 0 Å². The van der Waals surface area contributed by atoms with Crippen molar-refractivity contribution in [2.45, 2.75) is 41.6 Å². The number of alkyl halides is 3. The predicted octanol–water partition coefficient (Wildman–Crippen LogP) is 5.90. The van der Waals surface area contributed by atoms with Crippen molar-refractivity contribution < 1.29 is 8.78 Å². The molecule has 0 aromatic heterocycles. The molecule has 112 valence electrons. The van der Waals surface area contributed by atoms with Gasteiger partial charge < -0.3 is 0 Å². The lowest BCUT2D eigenvalue weighted by Gasteiger charge is -2.17. The smallest absolute Gasteiger partial charge is 0.143 e. The minimum atomic E-state index is -2.97. The number of benzene rings is 2. The number of hydrogen-bond donors (Lipinski definition) is 0. The molecule has 0 aliphatic heterocycles. The molecule has 0 heterocycles. The summed E-state index contributed by atoms with van der Waals surface area (Å²) < 4.78 is 25.5. The first kappa shape index (κ1) is 16.5. The summed E-state index contributed by atoms with van der Waals surface area (Å²) in [5.41, 5.74) is 4.27. The molecule has 0 fully saturated rings. The first-order valence-corrected chi connectivity index (χ1v) is 8.69. The predicted molar refractivity (Wildman–Crippen MR) is 89.6 cm³/mol. The zero-order chi connectivity index (χ0) is 15.8. The van der Waals surface area contributed by atoms with E-state index in [4.69, 9.17) is 0 Å². The van der Waals surface area contributed by atoms with Gasteiger partial charge in [0.1, 0.15) is 10.9 Å². The number of aryl methyl sites for hydroxylation is 1. The molecule has 0 nitrogen and oxygen atoms in total. The summed E-state index contributed by atoms with van der Waals surface area (Å²) >= 11 is 2.60. The Morgan fingerprint density at radius 1 is 0.905 bits per heavy atom. The molecule has 1 atom stereocenters. The fourth-order valence-corrected chi connectivity index (χ4v) is 5.37. The maximum Gasteiger partial charge on any atom is 0.477 e. The second-order valence-corrected chi connectivity index (χ2v) is 8.69. The standard InChI is InChI=1S/C17H18BrF2S/c1-11-10-16(14(4)13(3)12(11)2)21(17(18,19)20)15-8-6-5-7-9-15/h5-10H,1-4H3/q+1. The first-order valence-electron chi connectivity index (χ1n) is 6.67. The minimum Gasteiger partial charge on any atom is -0.143 e. The molecule has 1 unspecified atom stereocenters. The summed E-state index contributed by atoms with van der Waals surface area (Å²) in [5.74, 6) is 0. The van der Waals surface area contributed by atoms with Crippen LogP contribution >= 0.6 is 15.9 Å². The molecular formula is C17H18BrF2S+. The van der Waals surface area contributed by atoms with Gasteiger partial charge in [-0.3, -0.25) is 0 Å². The number of hydrogen-bond acceptors (Lipinski definition) is 0. The third kappa shape index (κ3) is 3.32. The highest BCUT2D eigenvalue weighted by molar-refractivity contribution is 9.11. The lowest BCUT2D eigenvalue weighted by molar-refractivity contribution is 0.216. The summed E-state index contributed by atoms with van der Waals surface area (Å²) in [4.78, 5) is 1.36. The Morgan fingerprint density at radius 2 is 1.48 bits per heavy atom. The number of rotatable bonds is 3. The van der Waals surface area contributed by atoms with Gasteiger partial charge in [-0.15, -0.1) is 8.78 Å². The number of halogens is 3. The highest BCUT2D eigenvalue weighted by Crippen LogP contribution is 2.43. The quantitative estimate of drug-likeness (QED) is 0.465. The van der Waals surface area contributed by atoms with Gasteiger partial charge in [0.2, 0.25) is 0 Å². The van der Waals surface area contributed by atoms with Crippen LogP contribution in [-0.4, -0.2) is 4.16 Å². The molecule has 21 heavy (non-hydrogen) atoms. The molecule has 2 aromatic carbocycles. The second-order valence-electron chi connectivity index (χ2n) is 5.13. The van der Waals surface area contributed by atoms with Crippen molar-refractivity contribution in [3.63, 3.8) is 0 Å². The van der Waals surface area contributed by atoms with Crippen LogP contribution in [0.5, 0.6) is 0 Å². The molecule has 0 radical (unpaired) electrons. The zero-order valence-electron chi connectivity index (χ0n) is 12.5. The highest BCUT2D eigenvalue weighted by Gasteiger charge is 2.51. The maximum atomic E-state index is 14.2. The van der Waals surface area contributed by atoms with Gasteiger partial charge in [-0.25, -0.2) is 0 Å². The van der Waals surface area contributed by atoms with E-state index in [2.05, 4.69) is 15.9 Å². The average molecular weight is 372 g/mol. The molecule has 0 aliphatic carbocycles. The highest BCUT2D eigenvalue weighted by atomic mass is 79.9. The normalized spacial score (nSPS) is 13.3. The fourth-order valence-electron chi connectivity index (χ4n) is 2.33. The van der Waals surface area contributed by atoms with Crippen LogP contribution < -0.4 is 0 Å². The summed E-state index contributed by atoms with van der Waals surface area (Å²) in [5, 5.41) is 0. The van der Waals surface area contributed by atoms with Crippen LogP contribution in [0.4, 0.5) is 8.78 Å². The third-order valence-electron chi connectivity index (χ3n) is 3.86.